The first-order valence-corrected chi connectivity index (χ1v) is 9.17. The fourth-order valence-electron chi connectivity index (χ4n) is 3.69. The van der Waals surface area contributed by atoms with Gasteiger partial charge in [-0.3, -0.25) is 0 Å². The molecule has 2 rings (SSSR count). The Bertz CT molecular complexity index is 450. The van der Waals surface area contributed by atoms with Gasteiger partial charge in [-0.1, -0.05) is 58.5 Å². The average molecular weight is 404 g/mol. The molecule has 1 fully saturated rings. The van der Waals surface area contributed by atoms with Gasteiger partial charge in [0, 0.05) is 14.9 Å². The third kappa shape index (κ3) is 3.41. The zero-order chi connectivity index (χ0) is 14.8. The Hall–Kier alpha value is -0.0200. The van der Waals surface area contributed by atoms with E-state index in [1.807, 2.05) is 6.07 Å². The van der Waals surface area contributed by atoms with Crippen LogP contribution in [-0.4, -0.2) is 7.11 Å². The summed E-state index contributed by atoms with van der Waals surface area (Å²) in [5, 5.41) is 0. The number of rotatable bonds is 5. The number of hydrogen-bond acceptors (Lipinski definition) is 1. The van der Waals surface area contributed by atoms with E-state index >= 15 is 0 Å². The zero-order valence-electron chi connectivity index (χ0n) is 12.6. The van der Waals surface area contributed by atoms with Gasteiger partial charge in [0.05, 0.1) is 7.11 Å². The van der Waals surface area contributed by atoms with Gasteiger partial charge in [0.25, 0.3) is 0 Å². The van der Waals surface area contributed by atoms with Gasteiger partial charge in [-0.25, -0.2) is 0 Å². The molecule has 1 saturated carbocycles. The first-order valence-electron chi connectivity index (χ1n) is 7.46. The van der Waals surface area contributed by atoms with Gasteiger partial charge in [-0.15, -0.1) is 0 Å². The van der Waals surface area contributed by atoms with Crippen molar-refractivity contribution in [1.82, 2.24) is 0 Å². The van der Waals surface area contributed by atoms with Crippen LogP contribution in [0.25, 0.3) is 0 Å². The summed E-state index contributed by atoms with van der Waals surface area (Å²) in [5.41, 5.74) is 1.66. The maximum atomic E-state index is 5.58. The first-order chi connectivity index (χ1) is 9.48. The van der Waals surface area contributed by atoms with E-state index in [4.69, 9.17) is 4.74 Å². The minimum atomic E-state index is 0.368. The van der Waals surface area contributed by atoms with Gasteiger partial charge in [-0.05, 0) is 48.8 Å². The lowest BCUT2D eigenvalue weighted by Gasteiger charge is -2.37. The Balaban J connectivity index is 2.36. The highest BCUT2D eigenvalue weighted by Crippen LogP contribution is 2.57. The second kappa shape index (κ2) is 6.83. The third-order valence-electron chi connectivity index (χ3n) is 4.42. The summed E-state index contributed by atoms with van der Waals surface area (Å²) in [6, 6.07) is 6.32. The van der Waals surface area contributed by atoms with Crippen LogP contribution >= 0.6 is 31.9 Å². The average Bonchev–Trinajstić information content (AvgIpc) is 2.86. The lowest BCUT2D eigenvalue weighted by molar-refractivity contribution is 0.227. The maximum absolute atomic E-state index is 5.58. The molecule has 0 aromatic heterocycles. The van der Waals surface area contributed by atoms with Crippen LogP contribution in [0.3, 0.4) is 0 Å². The van der Waals surface area contributed by atoms with E-state index in [0.29, 0.717) is 10.2 Å². The van der Waals surface area contributed by atoms with E-state index in [1.165, 1.54) is 37.7 Å². The zero-order valence-corrected chi connectivity index (χ0v) is 15.8. The summed E-state index contributed by atoms with van der Waals surface area (Å²) < 4.78 is 6.70. The van der Waals surface area contributed by atoms with Crippen molar-refractivity contribution in [3.63, 3.8) is 0 Å². The molecule has 0 bridgehead atoms. The van der Waals surface area contributed by atoms with Crippen LogP contribution in [0.4, 0.5) is 0 Å². The Morgan fingerprint density at radius 1 is 1.25 bits per heavy atom. The molecule has 112 valence electrons. The standard InChI is InChI=1S/C17H24Br2O/c1-12(2)11-17(8-4-5-9-17)16(19)14-10-13(18)6-7-15(14)20-3/h6-7,10,12,16H,4-5,8-9,11H2,1-3H3. The van der Waals surface area contributed by atoms with E-state index in [9.17, 15) is 0 Å². The van der Waals surface area contributed by atoms with Crippen LogP contribution in [0, 0.1) is 11.3 Å². The SMILES string of the molecule is COc1ccc(Br)cc1C(Br)C1(CC(C)C)CCCC1. The fraction of sp³-hybridized carbons (Fsp3) is 0.647. The predicted molar refractivity (Wildman–Crippen MR) is 92.7 cm³/mol. The summed E-state index contributed by atoms with van der Waals surface area (Å²) in [7, 11) is 1.76. The second-order valence-electron chi connectivity index (χ2n) is 6.42. The molecule has 0 heterocycles. The lowest BCUT2D eigenvalue weighted by Crippen LogP contribution is -2.24. The summed E-state index contributed by atoms with van der Waals surface area (Å²) in [4.78, 5) is 0.368. The molecule has 0 spiro atoms. The summed E-state index contributed by atoms with van der Waals surface area (Å²) >= 11 is 7.62. The van der Waals surface area contributed by atoms with Gasteiger partial charge in [0.1, 0.15) is 5.75 Å². The number of halogens is 2. The Morgan fingerprint density at radius 3 is 2.45 bits per heavy atom. The highest BCUT2D eigenvalue weighted by atomic mass is 79.9. The minimum absolute atomic E-state index is 0.368. The van der Waals surface area contributed by atoms with Crippen molar-refractivity contribution in [1.29, 1.82) is 0 Å². The number of alkyl halides is 1. The third-order valence-corrected chi connectivity index (χ3v) is 6.37. The molecule has 1 aromatic carbocycles. The number of benzene rings is 1. The Labute approximate surface area is 139 Å². The molecule has 1 aliphatic carbocycles. The van der Waals surface area contributed by atoms with Crippen molar-refractivity contribution < 1.29 is 4.74 Å². The van der Waals surface area contributed by atoms with Crippen molar-refractivity contribution in [3.05, 3.63) is 28.2 Å². The highest BCUT2D eigenvalue weighted by Gasteiger charge is 2.42. The van der Waals surface area contributed by atoms with E-state index in [1.54, 1.807) is 7.11 Å². The van der Waals surface area contributed by atoms with Crippen LogP contribution in [0.15, 0.2) is 22.7 Å². The molecular weight excluding hydrogens is 380 g/mol. The quantitative estimate of drug-likeness (QED) is 0.509. The molecule has 0 N–H and O–H groups in total. The normalized spacial score (nSPS) is 19.3. The van der Waals surface area contributed by atoms with Crippen molar-refractivity contribution in [3.8, 4) is 5.75 Å². The highest BCUT2D eigenvalue weighted by molar-refractivity contribution is 9.10. The molecule has 0 aliphatic heterocycles. The Morgan fingerprint density at radius 2 is 1.90 bits per heavy atom. The van der Waals surface area contributed by atoms with E-state index in [2.05, 4.69) is 57.8 Å². The number of hydrogen-bond donors (Lipinski definition) is 0. The predicted octanol–water partition coefficient (Wildman–Crippen LogP) is 6.50. The second-order valence-corrected chi connectivity index (χ2v) is 8.25. The van der Waals surface area contributed by atoms with Crippen LogP contribution < -0.4 is 4.74 Å². The van der Waals surface area contributed by atoms with E-state index in [-0.39, 0.29) is 0 Å². The molecule has 0 saturated heterocycles. The maximum Gasteiger partial charge on any atom is 0.123 e. The van der Waals surface area contributed by atoms with Crippen molar-refractivity contribution in [2.24, 2.45) is 11.3 Å². The number of ether oxygens (including phenoxy) is 1. The van der Waals surface area contributed by atoms with Gasteiger partial charge in [0.2, 0.25) is 0 Å². The molecule has 1 atom stereocenters. The van der Waals surface area contributed by atoms with Crippen molar-refractivity contribution >= 4 is 31.9 Å². The monoisotopic (exact) mass is 402 g/mol. The fourth-order valence-corrected chi connectivity index (χ4v) is 5.07. The smallest absolute Gasteiger partial charge is 0.123 e. The summed E-state index contributed by atoms with van der Waals surface area (Å²) in [6.45, 7) is 4.66. The lowest BCUT2D eigenvalue weighted by atomic mass is 9.74. The molecule has 0 radical (unpaired) electrons. The molecule has 0 amide bonds. The molecule has 1 nitrogen and oxygen atoms in total. The van der Waals surface area contributed by atoms with E-state index in [0.717, 1.165) is 16.1 Å². The topological polar surface area (TPSA) is 9.23 Å². The molecule has 1 aliphatic rings. The van der Waals surface area contributed by atoms with Crippen LogP contribution in [0.2, 0.25) is 0 Å². The molecule has 1 unspecified atom stereocenters. The van der Waals surface area contributed by atoms with Gasteiger partial charge in [-0.2, -0.15) is 0 Å². The summed E-state index contributed by atoms with van der Waals surface area (Å²) in [5.74, 6) is 1.72. The molecule has 20 heavy (non-hydrogen) atoms. The van der Waals surface area contributed by atoms with Crippen molar-refractivity contribution in [2.45, 2.75) is 50.8 Å². The van der Waals surface area contributed by atoms with Crippen LogP contribution in [0.1, 0.15) is 56.3 Å². The van der Waals surface area contributed by atoms with Crippen LogP contribution in [-0.2, 0) is 0 Å². The largest absolute Gasteiger partial charge is 0.496 e. The van der Waals surface area contributed by atoms with Gasteiger partial charge in [0.15, 0.2) is 0 Å². The molecule has 1 aromatic rings. The van der Waals surface area contributed by atoms with Crippen LogP contribution in [0.5, 0.6) is 5.75 Å². The summed E-state index contributed by atoms with van der Waals surface area (Å²) in [6.07, 6.45) is 6.61. The van der Waals surface area contributed by atoms with Gasteiger partial charge < -0.3 is 4.74 Å². The number of methoxy groups -OCH3 is 1. The first kappa shape index (κ1) is 16.4. The Kier molecular flexibility index (Phi) is 5.58. The minimum Gasteiger partial charge on any atom is -0.496 e. The molecular formula is C17H24Br2O. The van der Waals surface area contributed by atoms with Crippen molar-refractivity contribution in [2.75, 3.05) is 7.11 Å². The van der Waals surface area contributed by atoms with E-state index < -0.39 is 0 Å². The van der Waals surface area contributed by atoms with Gasteiger partial charge >= 0.3 is 0 Å². The molecule has 3 heteroatoms.